The highest BCUT2D eigenvalue weighted by atomic mass is 127. The van der Waals surface area contributed by atoms with Gasteiger partial charge in [0.2, 0.25) is 0 Å². The smallest absolute Gasteiger partial charge is 0.339 e. The number of fused-ring (bicyclic) bond motifs is 1. The molecular formula is C16H19IO6. The van der Waals surface area contributed by atoms with E-state index in [1.165, 1.54) is 0 Å². The summed E-state index contributed by atoms with van der Waals surface area (Å²) in [6.07, 6.45) is -1.99. The van der Waals surface area contributed by atoms with Gasteiger partial charge in [-0.25, -0.2) is 4.79 Å². The number of benzene rings is 1. The van der Waals surface area contributed by atoms with Crippen LogP contribution in [0, 0.1) is 3.57 Å². The fraction of sp³-hybridized carbons (Fsp3) is 0.562. The number of halogens is 1. The molecule has 0 saturated carbocycles. The normalized spacial score (nSPS) is 35.1. The molecule has 2 unspecified atom stereocenters. The Kier molecular flexibility index (Phi) is 4.43. The summed E-state index contributed by atoms with van der Waals surface area (Å²) in [5.74, 6) is -1.25. The van der Waals surface area contributed by atoms with E-state index in [0.29, 0.717) is 5.56 Å². The van der Waals surface area contributed by atoms with E-state index in [0.717, 1.165) is 3.57 Å². The predicted octanol–water partition coefficient (Wildman–Crippen LogP) is 2.08. The molecule has 6 nitrogen and oxygen atoms in total. The second-order valence-corrected chi connectivity index (χ2v) is 7.52. The van der Waals surface area contributed by atoms with Crippen LogP contribution >= 0.6 is 22.6 Å². The summed E-state index contributed by atoms with van der Waals surface area (Å²) in [6.45, 7) is 5.05. The van der Waals surface area contributed by atoms with Crippen LogP contribution in [0.3, 0.4) is 0 Å². The molecule has 1 N–H and O–H groups in total. The highest BCUT2D eigenvalue weighted by Crippen LogP contribution is 2.42. The Balaban J connectivity index is 1.64. The molecule has 0 aliphatic carbocycles. The maximum absolute atomic E-state index is 12.2. The van der Waals surface area contributed by atoms with Gasteiger partial charge in [0.15, 0.2) is 12.1 Å². The van der Waals surface area contributed by atoms with Crippen molar-refractivity contribution in [1.82, 2.24) is 0 Å². The molecule has 2 saturated heterocycles. The Bertz CT molecular complexity index is 614. The summed E-state index contributed by atoms with van der Waals surface area (Å²) in [7, 11) is 0. The average Bonchev–Trinajstić information content (AvgIpc) is 2.89. The number of carbonyl (C=O) groups is 1. The SMILES string of the molecule is CC1(C)OC2[C@@H](O[C@@H](COC(=O)c3ccccc3I)C2(C)O)O1. The minimum Gasteiger partial charge on any atom is -0.459 e. The van der Waals surface area contributed by atoms with Crippen LogP contribution in [-0.4, -0.2) is 47.6 Å². The Morgan fingerprint density at radius 2 is 2.00 bits per heavy atom. The van der Waals surface area contributed by atoms with Crippen LogP contribution in [0.15, 0.2) is 24.3 Å². The van der Waals surface area contributed by atoms with Crippen molar-refractivity contribution in [3.05, 3.63) is 33.4 Å². The molecule has 1 aromatic rings. The van der Waals surface area contributed by atoms with Crippen LogP contribution in [0.25, 0.3) is 0 Å². The predicted molar refractivity (Wildman–Crippen MR) is 88.8 cm³/mol. The number of hydrogen-bond acceptors (Lipinski definition) is 6. The topological polar surface area (TPSA) is 74.2 Å². The summed E-state index contributed by atoms with van der Waals surface area (Å²) >= 11 is 2.07. The van der Waals surface area contributed by atoms with Gasteiger partial charge in [0.25, 0.3) is 0 Å². The number of ether oxygens (including phenoxy) is 4. The molecular weight excluding hydrogens is 415 g/mol. The van der Waals surface area contributed by atoms with E-state index < -0.39 is 35.9 Å². The van der Waals surface area contributed by atoms with Crippen LogP contribution in [0.5, 0.6) is 0 Å². The molecule has 0 spiro atoms. The lowest BCUT2D eigenvalue weighted by Gasteiger charge is -2.29. The van der Waals surface area contributed by atoms with Crippen LogP contribution in [0.4, 0.5) is 0 Å². The van der Waals surface area contributed by atoms with Gasteiger partial charge in [-0.05, 0) is 55.5 Å². The molecule has 2 aliphatic rings. The Labute approximate surface area is 148 Å². The van der Waals surface area contributed by atoms with Gasteiger partial charge in [-0.2, -0.15) is 0 Å². The van der Waals surface area contributed by atoms with E-state index >= 15 is 0 Å². The van der Waals surface area contributed by atoms with E-state index in [4.69, 9.17) is 18.9 Å². The Hall–Kier alpha value is -0.740. The van der Waals surface area contributed by atoms with Crippen LogP contribution in [0.2, 0.25) is 0 Å². The third-order valence-corrected chi connectivity index (χ3v) is 4.98. The van der Waals surface area contributed by atoms with Crippen LogP contribution < -0.4 is 0 Å². The maximum atomic E-state index is 12.2. The molecule has 2 aliphatic heterocycles. The van der Waals surface area contributed by atoms with Gasteiger partial charge >= 0.3 is 5.97 Å². The lowest BCUT2D eigenvalue weighted by Crippen LogP contribution is -2.48. The maximum Gasteiger partial charge on any atom is 0.339 e. The molecule has 23 heavy (non-hydrogen) atoms. The highest BCUT2D eigenvalue weighted by molar-refractivity contribution is 14.1. The monoisotopic (exact) mass is 434 g/mol. The number of aliphatic hydroxyl groups is 1. The van der Waals surface area contributed by atoms with Crippen molar-refractivity contribution in [3.63, 3.8) is 0 Å². The molecule has 4 atom stereocenters. The van der Waals surface area contributed by atoms with Crippen molar-refractivity contribution in [2.45, 2.75) is 50.7 Å². The minimum absolute atomic E-state index is 0.0725. The lowest BCUT2D eigenvalue weighted by atomic mass is 9.95. The largest absolute Gasteiger partial charge is 0.459 e. The fourth-order valence-electron chi connectivity index (χ4n) is 2.77. The lowest BCUT2D eigenvalue weighted by molar-refractivity contribution is -0.230. The summed E-state index contributed by atoms with van der Waals surface area (Å²) < 4.78 is 23.1. The zero-order valence-corrected chi connectivity index (χ0v) is 15.3. The summed E-state index contributed by atoms with van der Waals surface area (Å²) in [6, 6.07) is 7.14. The molecule has 3 rings (SSSR count). The number of carbonyl (C=O) groups excluding carboxylic acids is 1. The van der Waals surface area contributed by atoms with E-state index in [1.807, 2.05) is 12.1 Å². The Morgan fingerprint density at radius 3 is 2.65 bits per heavy atom. The molecule has 7 heteroatoms. The van der Waals surface area contributed by atoms with E-state index in [1.54, 1.807) is 32.9 Å². The van der Waals surface area contributed by atoms with Gasteiger partial charge in [0.1, 0.15) is 24.4 Å². The van der Waals surface area contributed by atoms with Crippen molar-refractivity contribution in [3.8, 4) is 0 Å². The zero-order valence-electron chi connectivity index (χ0n) is 13.1. The van der Waals surface area contributed by atoms with E-state index in [-0.39, 0.29) is 6.61 Å². The summed E-state index contributed by atoms with van der Waals surface area (Å²) in [5, 5.41) is 10.7. The number of hydrogen-bond donors (Lipinski definition) is 1. The number of esters is 1. The number of rotatable bonds is 3. The molecule has 0 bridgehead atoms. The van der Waals surface area contributed by atoms with Crippen LogP contribution in [0.1, 0.15) is 31.1 Å². The first-order valence-corrected chi connectivity index (χ1v) is 8.44. The fourth-order valence-corrected chi connectivity index (χ4v) is 3.38. The summed E-state index contributed by atoms with van der Waals surface area (Å²) in [4.78, 5) is 12.2. The van der Waals surface area contributed by atoms with Crippen molar-refractivity contribution in [2.75, 3.05) is 6.61 Å². The van der Waals surface area contributed by atoms with Gasteiger partial charge in [0.05, 0.1) is 5.56 Å². The second-order valence-electron chi connectivity index (χ2n) is 6.35. The van der Waals surface area contributed by atoms with Gasteiger partial charge in [0, 0.05) is 3.57 Å². The first-order chi connectivity index (χ1) is 10.7. The quantitative estimate of drug-likeness (QED) is 0.580. The highest BCUT2D eigenvalue weighted by Gasteiger charge is 2.61. The first-order valence-electron chi connectivity index (χ1n) is 7.36. The molecule has 126 valence electrons. The third kappa shape index (κ3) is 3.25. The average molecular weight is 434 g/mol. The van der Waals surface area contributed by atoms with Gasteiger partial charge in [-0.1, -0.05) is 12.1 Å². The Morgan fingerprint density at radius 1 is 1.30 bits per heavy atom. The third-order valence-electron chi connectivity index (χ3n) is 4.04. The van der Waals surface area contributed by atoms with Crippen LogP contribution in [-0.2, 0) is 18.9 Å². The van der Waals surface area contributed by atoms with E-state index in [9.17, 15) is 9.90 Å². The molecule has 0 radical (unpaired) electrons. The molecule has 0 aromatic heterocycles. The van der Waals surface area contributed by atoms with Crippen molar-refractivity contribution < 1.29 is 28.8 Å². The second kappa shape index (κ2) is 5.96. The standard InChI is InChI=1S/C16H19IO6/c1-15(2)22-12-14(23-15)21-11(16(12,3)19)8-20-13(18)9-6-4-5-7-10(9)17/h4-7,11-12,14,19H,8H2,1-3H3/t11-,12?,14-,16?/m0/s1. The molecule has 2 heterocycles. The molecule has 0 amide bonds. The minimum atomic E-state index is -1.30. The summed E-state index contributed by atoms with van der Waals surface area (Å²) in [5.41, 5.74) is -0.817. The first kappa shape index (κ1) is 17.1. The van der Waals surface area contributed by atoms with Crippen molar-refractivity contribution in [1.29, 1.82) is 0 Å². The van der Waals surface area contributed by atoms with Crippen molar-refractivity contribution in [2.24, 2.45) is 0 Å². The van der Waals surface area contributed by atoms with Gasteiger partial charge in [-0.15, -0.1) is 0 Å². The molecule has 2 fully saturated rings. The molecule has 1 aromatic carbocycles. The van der Waals surface area contributed by atoms with Crippen molar-refractivity contribution >= 4 is 28.6 Å². The van der Waals surface area contributed by atoms with Gasteiger partial charge < -0.3 is 24.1 Å². The van der Waals surface area contributed by atoms with Gasteiger partial charge in [-0.3, -0.25) is 0 Å². The van der Waals surface area contributed by atoms with E-state index in [2.05, 4.69) is 22.6 Å². The zero-order chi connectivity index (χ0) is 16.8.